The van der Waals surface area contributed by atoms with Crippen LogP contribution in [0.25, 0.3) is 0 Å². The first-order valence-corrected chi connectivity index (χ1v) is 11.2. The molecule has 2 atom stereocenters. The van der Waals surface area contributed by atoms with Gasteiger partial charge in [0.05, 0.1) is 42.1 Å². The molecule has 2 aliphatic heterocycles. The zero-order valence-corrected chi connectivity index (χ0v) is 19.1. The number of rotatable bonds is 7. The van der Waals surface area contributed by atoms with Gasteiger partial charge in [0.25, 0.3) is 5.91 Å². The van der Waals surface area contributed by atoms with Crippen molar-refractivity contribution in [1.82, 2.24) is 9.96 Å². The molecule has 0 spiro atoms. The van der Waals surface area contributed by atoms with Crippen molar-refractivity contribution in [3.05, 3.63) is 52.8 Å². The first-order chi connectivity index (χ1) is 16.0. The largest absolute Gasteiger partial charge is 0.496 e. The topological polar surface area (TPSA) is 86.5 Å². The molecule has 2 aromatic rings. The van der Waals surface area contributed by atoms with E-state index in [9.17, 15) is 9.18 Å². The number of amides is 1. The molecule has 8 nitrogen and oxygen atoms in total. The van der Waals surface area contributed by atoms with Gasteiger partial charge in [0.2, 0.25) is 0 Å². The van der Waals surface area contributed by atoms with E-state index in [4.69, 9.17) is 36.4 Å². The van der Waals surface area contributed by atoms with E-state index in [1.54, 1.807) is 12.1 Å². The van der Waals surface area contributed by atoms with Crippen LogP contribution < -0.4 is 15.2 Å². The van der Waals surface area contributed by atoms with E-state index in [1.807, 2.05) is 0 Å². The predicted octanol–water partition coefficient (Wildman–Crippen LogP) is 3.34. The Bertz CT molecular complexity index is 977. The maximum atomic E-state index is 13.3. The lowest BCUT2D eigenvalue weighted by molar-refractivity contribution is -0.298. The average molecular weight is 480 g/mol. The molecule has 33 heavy (non-hydrogen) atoms. The number of ether oxygens (including phenoxy) is 3. The summed E-state index contributed by atoms with van der Waals surface area (Å²) in [6, 6.07) is 8.80. The second-order valence-electron chi connectivity index (χ2n) is 7.97. The third-order valence-corrected chi connectivity index (χ3v) is 6.16. The fourth-order valence-corrected chi connectivity index (χ4v) is 4.28. The minimum absolute atomic E-state index is 0.0144. The van der Waals surface area contributed by atoms with Crippen molar-refractivity contribution >= 4 is 23.2 Å². The second kappa shape index (κ2) is 10.6. The maximum absolute atomic E-state index is 13.3. The van der Waals surface area contributed by atoms with Crippen LogP contribution in [-0.2, 0) is 9.57 Å². The molecule has 2 saturated heterocycles. The number of methoxy groups -OCH3 is 1. The monoisotopic (exact) mass is 479 g/mol. The van der Waals surface area contributed by atoms with Gasteiger partial charge >= 0.3 is 0 Å². The Labute approximate surface area is 196 Å². The highest BCUT2D eigenvalue weighted by Crippen LogP contribution is 2.32. The third-order valence-electron chi connectivity index (χ3n) is 5.83. The molecule has 2 aromatic carbocycles. The van der Waals surface area contributed by atoms with Crippen molar-refractivity contribution < 1.29 is 28.2 Å². The average Bonchev–Trinajstić information content (AvgIpc) is 2.83. The van der Waals surface area contributed by atoms with Gasteiger partial charge in [0, 0.05) is 25.7 Å². The highest BCUT2D eigenvalue weighted by molar-refractivity contribution is 6.33. The van der Waals surface area contributed by atoms with Gasteiger partial charge in [0.15, 0.2) is 6.79 Å². The Morgan fingerprint density at radius 3 is 2.85 bits per heavy atom. The van der Waals surface area contributed by atoms with E-state index in [1.165, 1.54) is 36.4 Å². The number of benzene rings is 2. The van der Waals surface area contributed by atoms with E-state index in [0.29, 0.717) is 36.8 Å². The number of carbonyl (C=O) groups is 1. The first-order valence-electron chi connectivity index (χ1n) is 10.8. The lowest BCUT2D eigenvalue weighted by atomic mass is 9.99. The molecular formula is C23H27ClFN3O5. The fourth-order valence-electron chi connectivity index (χ4n) is 4.12. The van der Waals surface area contributed by atoms with Gasteiger partial charge in [-0.3, -0.25) is 4.79 Å². The number of nitrogen functional groups attached to an aromatic ring is 1. The molecule has 2 heterocycles. The SMILES string of the molecule is COc1cc(N)c(Cl)cc1C(=O)N1OCO[C@@H]2CN(CCCOc3ccc(F)cc3)CC[C@@H]21. The number of fused-ring (bicyclic) bond motifs is 1. The molecule has 4 rings (SSSR count). The van der Waals surface area contributed by atoms with Gasteiger partial charge in [-0.05, 0) is 43.2 Å². The van der Waals surface area contributed by atoms with Crippen molar-refractivity contribution in [1.29, 1.82) is 0 Å². The van der Waals surface area contributed by atoms with E-state index < -0.39 is 0 Å². The number of halogens is 2. The van der Waals surface area contributed by atoms with Gasteiger partial charge in [0.1, 0.15) is 17.3 Å². The molecule has 0 aromatic heterocycles. The molecule has 0 saturated carbocycles. The van der Waals surface area contributed by atoms with Crippen LogP contribution in [-0.4, -0.2) is 68.2 Å². The fraction of sp³-hybridized carbons (Fsp3) is 0.435. The lowest BCUT2D eigenvalue weighted by Gasteiger charge is -2.45. The molecule has 2 aliphatic rings. The van der Waals surface area contributed by atoms with Crippen LogP contribution in [0.15, 0.2) is 36.4 Å². The van der Waals surface area contributed by atoms with Gasteiger partial charge in [-0.25, -0.2) is 14.3 Å². The molecule has 0 aliphatic carbocycles. The number of carbonyl (C=O) groups excluding carboxylic acids is 1. The van der Waals surface area contributed by atoms with Crippen LogP contribution >= 0.6 is 11.6 Å². The Morgan fingerprint density at radius 2 is 2.09 bits per heavy atom. The summed E-state index contributed by atoms with van der Waals surface area (Å²) in [5.41, 5.74) is 6.46. The van der Waals surface area contributed by atoms with Crippen molar-refractivity contribution in [2.75, 3.05) is 45.9 Å². The molecular weight excluding hydrogens is 453 g/mol. The molecule has 178 valence electrons. The lowest BCUT2D eigenvalue weighted by Crippen LogP contribution is -2.60. The Morgan fingerprint density at radius 1 is 1.30 bits per heavy atom. The van der Waals surface area contributed by atoms with Crippen LogP contribution in [0, 0.1) is 5.82 Å². The number of anilines is 1. The number of nitrogens with two attached hydrogens (primary N) is 1. The smallest absolute Gasteiger partial charge is 0.281 e. The third kappa shape index (κ3) is 5.50. The van der Waals surface area contributed by atoms with E-state index in [2.05, 4.69) is 4.90 Å². The Balaban J connectivity index is 1.32. The van der Waals surface area contributed by atoms with Gasteiger partial charge < -0.3 is 24.8 Å². The summed E-state index contributed by atoms with van der Waals surface area (Å²) in [7, 11) is 1.47. The van der Waals surface area contributed by atoms with Gasteiger partial charge in [-0.2, -0.15) is 0 Å². The summed E-state index contributed by atoms with van der Waals surface area (Å²) < 4.78 is 29.8. The highest BCUT2D eigenvalue weighted by Gasteiger charge is 2.41. The summed E-state index contributed by atoms with van der Waals surface area (Å²) >= 11 is 6.14. The number of likely N-dealkylation sites (tertiary alicyclic amines) is 1. The van der Waals surface area contributed by atoms with Crippen LogP contribution in [0.3, 0.4) is 0 Å². The molecule has 10 heteroatoms. The van der Waals surface area contributed by atoms with Gasteiger partial charge in [-0.1, -0.05) is 11.6 Å². The first kappa shape index (κ1) is 23.6. The quantitative estimate of drug-likeness (QED) is 0.481. The highest BCUT2D eigenvalue weighted by atomic mass is 35.5. The zero-order valence-electron chi connectivity index (χ0n) is 18.3. The molecule has 0 radical (unpaired) electrons. The number of nitrogens with zero attached hydrogens (tertiary/aromatic N) is 2. The summed E-state index contributed by atoms with van der Waals surface area (Å²) in [5.74, 6) is 0.364. The number of hydrogen-bond donors (Lipinski definition) is 1. The molecule has 2 N–H and O–H groups in total. The molecule has 2 fully saturated rings. The van der Waals surface area contributed by atoms with E-state index in [0.717, 1.165) is 19.5 Å². The van der Waals surface area contributed by atoms with E-state index >= 15 is 0 Å². The minimum atomic E-state index is -0.340. The predicted molar refractivity (Wildman–Crippen MR) is 121 cm³/mol. The number of hydrogen-bond acceptors (Lipinski definition) is 7. The van der Waals surface area contributed by atoms with Crippen molar-refractivity contribution in [2.24, 2.45) is 0 Å². The van der Waals surface area contributed by atoms with Crippen LogP contribution in [0.5, 0.6) is 11.5 Å². The number of hydroxylamine groups is 2. The zero-order chi connectivity index (χ0) is 23.4. The Hall–Kier alpha value is -2.59. The minimum Gasteiger partial charge on any atom is -0.496 e. The summed E-state index contributed by atoms with van der Waals surface area (Å²) in [6.45, 7) is 2.80. The molecule has 1 amide bonds. The van der Waals surface area contributed by atoms with Crippen molar-refractivity contribution in [3.63, 3.8) is 0 Å². The Kier molecular flexibility index (Phi) is 7.54. The second-order valence-corrected chi connectivity index (χ2v) is 8.38. The van der Waals surface area contributed by atoms with Gasteiger partial charge in [-0.15, -0.1) is 0 Å². The van der Waals surface area contributed by atoms with Crippen molar-refractivity contribution in [2.45, 2.75) is 25.0 Å². The van der Waals surface area contributed by atoms with Crippen molar-refractivity contribution in [3.8, 4) is 11.5 Å². The summed E-state index contributed by atoms with van der Waals surface area (Å²) in [5, 5.41) is 1.66. The normalized spacial score (nSPS) is 20.9. The summed E-state index contributed by atoms with van der Waals surface area (Å²) in [4.78, 5) is 21.1. The van der Waals surface area contributed by atoms with E-state index in [-0.39, 0.29) is 41.2 Å². The molecule has 0 unspecified atom stereocenters. The maximum Gasteiger partial charge on any atom is 0.281 e. The van der Waals surface area contributed by atoms with Crippen LogP contribution in [0.4, 0.5) is 10.1 Å². The van der Waals surface area contributed by atoms with Crippen LogP contribution in [0.1, 0.15) is 23.2 Å². The molecule has 0 bridgehead atoms. The standard InChI is InChI=1S/C23H27ClFN3O5/c1-30-21-12-19(26)18(24)11-17(21)23(29)28-20-7-9-27(13-22(20)32-14-33-28)8-2-10-31-16-5-3-15(25)4-6-16/h3-6,11-12,20,22H,2,7-10,13-14,26H2,1H3/t20-,22+/m0/s1. The summed E-state index contributed by atoms with van der Waals surface area (Å²) in [6.07, 6.45) is 1.33. The van der Waals surface area contributed by atoms with Crippen LogP contribution in [0.2, 0.25) is 5.02 Å². The number of piperidine rings is 1.